The predicted molar refractivity (Wildman–Crippen MR) is 151 cm³/mol. The molecule has 0 unspecified atom stereocenters. The van der Waals surface area contributed by atoms with Crippen LogP contribution in [0.15, 0.2) is 108 Å². The Morgan fingerprint density at radius 3 is 1.97 bits per heavy atom. The first kappa shape index (κ1) is 22.2. The lowest BCUT2D eigenvalue weighted by Crippen LogP contribution is -1.96. The topological polar surface area (TPSA) is 25.8 Å². The van der Waals surface area contributed by atoms with Gasteiger partial charge in [-0.25, -0.2) is 9.97 Å². The molecular weight excluding hydrogens is 539 g/mol. The lowest BCUT2D eigenvalue weighted by Gasteiger charge is -2.17. The number of aromatic nitrogens is 2. The maximum atomic E-state index is 6.92. The molecule has 0 aliphatic rings. The van der Waals surface area contributed by atoms with Crippen LogP contribution in [0.4, 0.5) is 0 Å². The number of hydrogen-bond donors (Lipinski definition) is 0. The van der Waals surface area contributed by atoms with Crippen LogP contribution in [0.25, 0.3) is 55.3 Å². The molecule has 0 N–H and O–H groups in total. The fourth-order valence-corrected chi connectivity index (χ4v) is 5.34. The number of rotatable bonds is 3. The van der Waals surface area contributed by atoms with E-state index in [0.717, 1.165) is 59.8 Å². The van der Waals surface area contributed by atoms with Gasteiger partial charge in [0.2, 0.25) is 0 Å². The fourth-order valence-electron chi connectivity index (χ4n) is 4.53. The minimum absolute atomic E-state index is 0.415. The highest BCUT2D eigenvalue weighted by Crippen LogP contribution is 2.43. The summed E-state index contributed by atoms with van der Waals surface area (Å²) in [6, 6.07) is 34.4. The zero-order valence-electron chi connectivity index (χ0n) is 18.3. The van der Waals surface area contributed by atoms with E-state index in [9.17, 15) is 0 Å². The van der Waals surface area contributed by atoms with E-state index in [1.165, 1.54) is 0 Å². The van der Waals surface area contributed by atoms with Crippen molar-refractivity contribution in [1.29, 1.82) is 0 Å². The van der Waals surface area contributed by atoms with Crippen molar-refractivity contribution in [3.8, 4) is 33.5 Å². The quantitative estimate of drug-likeness (QED) is 0.203. The van der Waals surface area contributed by atoms with Crippen LogP contribution in [-0.2, 0) is 0 Å². The number of benzene rings is 4. The van der Waals surface area contributed by atoms with Gasteiger partial charge in [0.25, 0.3) is 0 Å². The Morgan fingerprint density at radius 2 is 1.23 bits per heavy atom. The average Bonchev–Trinajstić information content (AvgIpc) is 2.88. The molecule has 2 nitrogen and oxygen atoms in total. The second kappa shape index (κ2) is 9.09. The molecule has 0 amide bonds. The molecule has 0 aliphatic heterocycles. The minimum Gasteiger partial charge on any atom is -0.248 e. The number of fused-ring (bicyclic) bond motifs is 2. The van der Waals surface area contributed by atoms with Gasteiger partial charge in [0.15, 0.2) is 0 Å². The van der Waals surface area contributed by atoms with E-state index in [1.807, 2.05) is 66.7 Å². The first-order chi connectivity index (χ1) is 17.1. The van der Waals surface area contributed by atoms with Crippen molar-refractivity contribution in [2.24, 2.45) is 0 Å². The molecule has 6 aromatic rings. The lowest BCUT2D eigenvalue weighted by molar-refractivity contribution is 1.35. The average molecular weight is 556 g/mol. The third-order valence-electron chi connectivity index (χ3n) is 6.08. The van der Waals surface area contributed by atoms with Crippen LogP contribution < -0.4 is 0 Å². The summed E-state index contributed by atoms with van der Waals surface area (Å²) < 4.78 is 0.975. The van der Waals surface area contributed by atoms with Gasteiger partial charge in [0.05, 0.1) is 16.7 Å². The molecule has 0 spiro atoms. The van der Waals surface area contributed by atoms with Gasteiger partial charge in [-0.15, -0.1) is 0 Å². The number of pyridine rings is 2. The Kier molecular flexibility index (Phi) is 5.77. The molecule has 2 aromatic heterocycles. The molecule has 0 aliphatic carbocycles. The van der Waals surface area contributed by atoms with Crippen molar-refractivity contribution in [3.63, 3.8) is 0 Å². The largest absolute Gasteiger partial charge is 0.248 e. The Bertz CT molecular complexity index is 1720. The van der Waals surface area contributed by atoms with Crippen LogP contribution in [0, 0.1) is 0 Å². The van der Waals surface area contributed by atoms with E-state index in [-0.39, 0.29) is 0 Å². The maximum Gasteiger partial charge on any atom is 0.139 e. The van der Waals surface area contributed by atoms with Crippen LogP contribution in [0.3, 0.4) is 0 Å². The van der Waals surface area contributed by atoms with Gasteiger partial charge >= 0.3 is 0 Å². The first-order valence-corrected chi connectivity index (χ1v) is 12.6. The summed E-state index contributed by atoms with van der Waals surface area (Å²) >= 11 is 16.9. The molecule has 35 heavy (non-hydrogen) atoms. The Hall–Kier alpha value is -3.24. The summed E-state index contributed by atoms with van der Waals surface area (Å²) in [5, 5.41) is 3.08. The van der Waals surface area contributed by atoms with Crippen molar-refractivity contribution in [3.05, 3.63) is 118 Å². The summed E-state index contributed by atoms with van der Waals surface area (Å²) in [6.07, 6.45) is 0. The number of nitrogens with zero attached hydrogens (tertiary/aromatic N) is 2. The van der Waals surface area contributed by atoms with Crippen LogP contribution in [-0.4, -0.2) is 9.97 Å². The van der Waals surface area contributed by atoms with Crippen molar-refractivity contribution in [1.82, 2.24) is 9.97 Å². The summed E-state index contributed by atoms with van der Waals surface area (Å²) in [4.78, 5) is 9.81. The minimum atomic E-state index is 0.415. The van der Waals surface area contributed by atoms with Crippen molar-refractivity contribution >= 4 is 60.9 Å². The molecule has 0 fully saturated rings. The summed E-state index contributed by atoms with van der Waals surface area (Å²) in [5.74, 6) is 0. The second-order valence-electron chi connectivity index (χ2n) is 8.26. The standard InChI is InChI=1S/C30H17BrCl2N2/c31-20-11-13-26-24(15-20)28(19-9-5-2-6-10-19)29(30(33)35-26)27-17-22(18-7-3-1-4-8-18)23-16-21(32)12-14-25(23)34-27/h1-17H. The molecule has 5 heteroatoms. The zero-order chi connectivity index (χ0) is 23.9. The highest BCUT2D eigenvalue weighted by atomic mass is 79.9. The van der Waals surface area contributed by atoms with E-state index in [4.69, 9.17) is 33.2 Å². The Balaban J connectivity index is 1.75. The maximum absolute atomic E-state index is 6.92. The smallest absolute Gasteiger partial charge is 0.139 e. The van der Waals surface area contributed by atoms with Gasteiger partial charge in [-0.3, -0.25) is 0 Å². The third kappa shape index (κ3) is 4.10. The van der Waals surface area contributed by atoms with Gasteiger partial charge in [0, 0.05) is 31.4 Å². The molecule has 0 bridgehead atoms. The SMILES string of the molecule is Clc1ccc2nc(-c3c(Cl)nc4ccc(Br)cc4c3-c3ccccc3)cc(-c3ccccc3)c2c1. The molecule has 6 rings (SSSR count). The van der Waals surface area contributed by atoms with E-state index in [2.05, 4.69) is 52.3 Å². The molecule has 0 radical (unpaired) electrons. The number of hydrogen-bond acceptors (Lipinski definition) is 2. The second-order valence-corrected chi connectivity index (χ2v) is 9.97. The highest BCUT2D eigenvalue weighted by Gasteiger charge is 2.20. The molecule has 0 saturated carbocycles. The van der Waals surface area contributed by atoms with E-state index >= 15 is 0 Å². The first-order valence-electron chi connectivity index (χ1n) is 11.1. The van der Waals surface area contributed by atoms with Gasteiger partial charge in [-0.1, -0.05) is 99.8 Å². The molecule has 0 saturated heterocycles. The fraction of sp³-hybridized carbons (Fsp3) is 0. The predicted octanol–water partition coefficient (Wildman–Crippen LogP) is 9.85. The van der Waals surface area contributed by atoms with Gasteiger partial charge in [0.1, 0.15) is 5.15 Å². The summed E-state index contributed by atoms with van der Waals surface area (Å²) in [6.45, 7) is 0. The zero-order valence-corrected chi connectivity index (χ0v) is 21.4. The van der Waals surface area contributed by atoms with Crippen LogP contribution in [0.5, 0.6) is 0 Å². The molecule has 0 atom stereocenters. The van der Waals surface area contributed by atoms with E-state index in [0.29, 0.717) is 10.2 Å². The van der Waals surface area contributed by atoms with Crippen molar-refractivity contribution in [2.45, 2.75) is 0 Å². The van der Waals surface area contributed by atoms with Crippen molar-refractivity contribution in [2.75, 3.05) is 0 Å². The van der Waals surface area contributed by atoms with Crippen LogP contribution in [0.1, 0.15) is 0 Å². The van der Waals surface area contributed by atoms with E-state index < -0.39 is 0 Å². The molecule has 2 heterocycles. The van der Waals surface area contributed by atoms with Gasteiger partial charge < -0.3 is 0 Å². The molecule has 168 valence electrons. The number of halogens is 3. The Morgan fingerprint density at radius 1 is 0.571 bits per heavy atom. The van der Waals surface area contributed by atoms with Crippen molar-refractivity contribution < 1.29 is 0 Å². The van der Waals surface area contributed by atoms with Crippen LogP contribution >= 0.6 is 39.1 Å². The highest BCUT2D eigenvalue weighted by molar-refractivity contribution is 9.10. The summed E-state index contributed by atoms with van der Waals surface area (Å²) in [5.41, 5.74) is 7.41. The third-order valence-corrected chi connectivity index (χ3v) is 7.08. The lowest BCUT2D eigenvalue weighted by atomic mass is 9.92. The Labute approximate surface area is 221 Å². The molecular formula is C30H17BrCl2N2. The van der Waals surface area contributed by atoms with Gasteiger partial charge in [-0.05, 0) is 59.2 Å². The molecule has 4 aromatic carbocycles. The van der Waals surface area contributed by atoms with Gasteiger partial charge in [-0.2, -0.15) is 0 Å². The normalized spacial score (nSPS) is 11.3. The van der Waals surface area contributed by atoms with Crippen LogP contribution in [0.2, 0.25) is 10.2 Å². The van der Waals surface area contributed by atoms with E-state index in [1.54, 1.807) is 0 Å². The monoisotopic (exact) mass is 554 g/mol. The summed E-state index contributed by atoms with van der Waals surface area (Å²) in [7, 11) is 0.